The van der Waals surface area contributed by atoms with Gasteiger partial charge in [-0.05, 0) is 39.8 Å². The first kappa shape index (κ1) is 15.6. The minimum absolute atomic E-state index is 0.00503. The monoisotopic (exact) mass is 295 g/mol. The molecule has 1 N–H and O–H groups in total. The SMILES string of the molecule is Cc1c(F)cccc1O[C@H]1C[C@@H](NC(=O)OC(C)(C)C)C1. The second-order valence-electron chi connectivity index (χ2n) is 6.42. The molecule has 1 aromatic rings. The van der Waals surface area contributed by atoms with Crippen molar-refractivity contribution in [2.24, 2.45) is 0 Å². The number of carbonyl (C=O) groups excluding carboxylic acids is 1. The van der Waals surface area contributed by atoms with Crippen LogP contribution in [0.2, 0.25) is 0 Å². The molecule has 1 aliphatic carbocycles. The minimum Gasteiger partial charge on any atom is -0.490 e. The molecule has 0 heterocycles. The number of benzene rings is 1. The van der Waals surface area contributed by atoms with E-state index in [9.17, 15) is 9.18 Å². The lowest BCUT2D eigenvalue weighted by atomic mass is 9.89. The number of alkyl carbamates (subject to hydrolysis) is 1. The molecular weight excluding hydrogens is 273 g/mol. The van der Waals surface area contributed by atoms with Crippen LogP contribution >= 0.6 is 0 Å². The summed E-state index contributed by atoms with van der Waals surface area (Å²) in [5, 5.41) is 2.80. The molecule has 1 amide bonds. The van der Waals surface area contributed by atoms with Gasteiger partial charge in [0.05, 0.1) is 0 Å². The molecule has 4 nitrogen and oxygen atoms in total. The molecule has 0 radical (unpaired) electrons. The highest BCUT2D eigenvalue weighted by molar-refractivity contribution is 5.68. The molecule has 1 fully saturated rings. The van der Waals surface area contributed by atoms with E-state index in [1.54, 1.807) is 19.1 Å². The Balaban J connectivity index is 1.77. The van der Waals surface area contributed by atoms with E-state index < -0.39 is 11.7 Å². The molecule has 116 valence electrons. The van der Waals surface area contributed by atoms with Gasteiger partial charge in [-0.15, -0.1) is 0 Å². The largest absolute Gasteiger partial charge is 0.490 e. The molecule has 0 atom stereocenters. The number of hydrogen-bond acceptors (Lipinski definition) is 3. The van der Waals surface area contributed by atoms with E-state index in [1.165, 1.54) is 6.07 Å². The van der Waals surface area contributed by atoms with Crippen molar-refractivity contribution >= 4 is 6.09 Å². The molecule has 0 saturated heterocycles. The van der Waals surface area contributed by atoms with Crippen LogP contribution in [0.1, 0.15) is 39.2 Å². The molecule has 21 heavy (non-hydrogen) atoms. The topological polar surface area (TPSA) is 47.6 Å². The van der Waals surface area contributed by atoms with Gasteiger partial charge in [0.15, 0.2) is 0 Å². The van der Waals surface area contributed by atoms with Gasteiger partial charge in [0.25, 0.3) is 0 Å². The number of carbonyl (C=O) groups is 1. The Labute approximate surface area is 124 Å². The first-order valence-corrected chi connectivity index (χ1v) is 7.16. The normalized spacial score (nSPS) is 21.4. The number of ether oxygens (including phenoxy) is 2. The van der Waals surface area contributed by atoms with Crippen molar-refractivity contribution in [2.45, 2.75) is 58.3 Å². The Morgan fingerprint density at radius 3 is 2.62 bits per heavy atom. The average Bonchev–Trinajstić information content (AvgIpc) is 2.29. The van der Waals surface area contributed by atoms with Crippen LogP contribution in [0.5, 0.6) is 5.75 Å². The van der Waals surface area contributed by atoms with E-state index in [0.29, 0.717) is 24.2 Å². The molecule has 0 aliphatic heterocycles. The number of rotatable bonds is 3. The predicted octanol–water partition coefficient (Wildman–Crippen LogP) is 3.57. The maximum absolute atomic E-state index is 13.4. The summed E-state index contributed by atoms with van der Waals surface area (Å²) in [7, 11) is 0. The Morgan fingerprint density at radius 1 is 1.33 bits per heavy atom. The van der Waals surface area contributed by atoms with Gasteiger partial charge in [-0.1, -0.05) is 6.07 Å². The summed E-state index contributed by atoms with van der Waals surface area (Å²) in [6, 6.07) is 4.86. The van der Waals surface area contributed by atoms with E-state index in [2.05, 4.69) is 5.32 Å². The third-order valence-corrected chi connectivity index (χ3v) is 3.33. The molecule has 0 bridgehead atoms. The van der Waals surface area contributed by atoms with Crippen LogP contribution < -0.4 is 10.1 Å². The fraction of sp³-hybridized carbons (Fsp3) is 0.562. The van der Waals surface area contributed by atoms with E-state index in [-0.39, 0.29) is 18.0 Å². The molecule has 2 rings (SSSR count). The fourth-order valence-corrected chi connectivity index (χ4v) is 2.15. The quantitative estimate of drug-likeness (QED) is 0.927. The van der Waals surface area contributed by atoms with Crippen LogP contribution in [0.4, 0.5) is 9.18 Å². The Morgan fingerprint density at radius 2 is 2.00 bits per heavy atom. The molecule has 0 aromatic heterocycles. The van der Waals surface area contributed by atoms with Crippen molar-refractivity contribution in [2.75, 3.05) is 0 Å². The maximum Gasteiger partial charge on any atom is 0.407 e. The summed E-state index contributed by atoms with van der Waals surface area (Å²) in [6.07, 6.45) is 1.00. The van der Waals surface area contributed by atoms with Gasteiger partial charge in [-0.3, -0.25) is 0 Å². The fourth-order valence-electron chi connectivity index (χ4n) is 2.15. The van der Waals surface area contributed by atoms with Crippen molar-refractivity contribution in [3.63, 3.8) is 0 Å². The van der Waals surface area contributed by atoms with Gasteiger partial charge in [0.2, 0.25) is 0 Å². The highest BCUT2D eigenvalue weighted by atomic mass is 19.1. The third-order valence-electron chi connectivity index (χ3n) is 3.33. The zero-order valence-electron chi connectivity index (χ0n) is 12.9. The van der Waals surface area contributed by atoms with Crippen LogP contribution in [-0.2, 0) is 4.74 Å². The molecule has 5 heteroatoms. The first-order valence-electron chi connectivity index (χ1n) is 7.16. The zero-order chi connectivity index (χ0) is 15.6. The van der Waals surface area contributed by atoms with Gasteiger partial charge in [-0.25, -0.2) is 9.18 Å². The predicted molar refractivity (Wildman–Crippen MR) is 77.9 cm³/mol. The summed E-state index contributed by atoms with van der Waals surface area (Å²) >= 11 is 0. The number of halogens is 1. The lowest BCUT2D eigenvalue weighted by Gasteiger charge is -2.36. The van der Waals surface area contributed by atoms with Gasteiger partial charge in [0.1, 0.15) is 23.3 Å². The summed E-state index contributed by atoms with van der Waals surface area (Å²) in [5.74, 6) is 0.297. The summed E-state index contributed by atoms with van der Waals surface area (Å²) in [6.45, 7) is 7.17. The summed E-state index contributed by atoms with van der Waals surface area (Å²) in [4.78, 5) is 11.6. The van der Waals surface area contributed by atoms with Crippen molar-refractivity contribution < 1.29 is 18.7 Å². The molecular formula is C16H22FNO3. The third kappa shape index (κ3) is 4.34. The molecule has 1 saturated carbocycles. The van der Waals surface area contributed by atoms with Crippen LogP contribution in [0.25, 0.3) is 0 Å². The van der Waals surface area contributed by atoms with Gasteiger partial charge in [-0.2, -0.15) is 0 Å². The lowest BCUT2D eigenvalue weighted by Crippen LogP contribution is -2.50. The Kier molecular flexibility index (Phi) is 4.40. The van der Waals surface area contributed by atoms with Crippen LogP contribution in [0.3, 0.4) is 0 Å². The minimum atomic E-state index is -0.498. The van der Waals surface area contributed by atoms with Gasteiger partial charge >= 0.3 is 6.09 Å². The Hall–Kier alpha value is -1.78. The van der Waals surface area contributed by atoms with E-state index >= 15 is 0 Å². The van der Waals surface area contributed by atoms with Gasteiger partial charge < -0.3 is 14.8 Å². The number of hydrogen-bond donors (Lipinski definition) is 1. The number of nitrogens with one attached hydrogen (secondary N) is 1. The Bertz CT molecular complexity index is 519. The maximum atomic E-state index is 13.4. The van der Waals surface area contributed by atoms with E-state index in [0.717, 1.165) is 0 Å². The smallest absolute Gasteiger partial charge is 0.407 e. The zero-order valence-corrected chi connectivity index (χ0v) is 12.9. The van der Waals surface area contributed by atoms with Crippen molar-refractivity contribution in [3.8, 4) is 5.75 Å². The average molecular weight is 295 g/mol. The highest BCUT2D eigenvalue weighted by Crippen LogP contribution is 2.29. The summed E-state index contributed by atoms with van der Waals surface area (Å²) in [5.41, 5.74) is 0.0173. The first-order chi connectivity index (χ1) is 9.74. The van der Waals surface area contributed by atoms with Crippen molar-refractivity contribution in [1.29, 1.82) is 0 Å². The number of amides is 1. The second kappa shape index (κ2) is 5.92. The standard InChI is InChI=1S/C16H22FNO3/c1-10-13(17)6-5-7-14(10)20-12-8-11(9-12)18-15(19)21-16(2,3)4/h5-7,11-12H,8-9H2,1-4H3,(H,18,19)/t11-,12+. The van der Waals surface area contributed by atoms with Crippen LogP contribution in [-0.4, -0.2) is 23.8 Å². The van der Waals surface area contributed by atoms with E-state index in [1.807, 2.05) is 20.8 Å². The molecule has 1 aliphatic rings. The van der Waals surface area contributed by atoms with Crippen LogP contribution in [0, 0.1) is 12.7 Å². The highest BCUT2D eigenvalue weighted by Gasteiger charge is 2.33. The van der Waals surface area contributed by atoms with Crippen LogP contribution in [0.15, 0.2) is 18.2 Å². The second-order valence-corrected chi connectivity index (χ2v) is 6.42. The molecule has 0 unspecified atom stereocenters. The van der Waals surface area contributed by atoms with Crippen molar-refractivity contribution in [3.05, 3.63) is 29.6 Å². The molecule has 0 spiro atoms. The lowest BCUT2D eigenvalue weighted by molar-refractivity contribution is 0.0361. The van der Waals surface area contributed by atoms with Gasteiger partial charge in [0, 0.05) is 24.4 Å². The van der Waals surface area contributed by atoms with E-state index in [4.69, 9.17) is 9.47 Å². The molecule has 1 aromatic carbocycles. The summed E-state index contributed by atoms with van der Waals surface area (Å²) < 4.78 is 24.3. The van der Waals surface area contributed by atoms with Crippen molar-refractivity contribution in [1.82, 2.24) is 5.32 Å².